The fourth-order valence-corrected chi connectivity index (χ4v) is 3.00. The van der Waals surface area contributed by atoms with E-state index in [2.05, 4.69) is 10.2 Å². The lowest BCUT2D eigenvalue weighted by atomic mass is 10.2. The van der Waals surface area contributed by atoms with Gasteiger partial charge in [-0.25, -0.2) is 9.36 Å². The Balaban J connectivity index is 1.67. The predicted octanol–water partition coefficient (Wildman–Crippen LogP) is 2.21. The molecule has 1 aliphatic rings. The highest BCUT2D eigenvalue weighted by molar-refractivity contribution is 6.30. The van der Waals surface area contributed by atoms with Gasteiger partial charge in [-0.2, -0.15) is 4.39 Å². The van der Waals surface area contributed by atoms with E-state index in [4.69, 9.17) is 20.8 Å². The summed E-state index contributed by atoms with van der Waals surface area (Å²) < 4.78 is 26.8. The fraction of sp³-hybridized carbons (Fsp3) is 0.294. The zero-order valence-electron chi connectivity index (χ0n) is 14.0. The molecule has 1 saturated heterocycles. The Morgan fingerprint density at radius 2 is 2.00 bits per heavy atom. The van der Waals surface area contributed by atoms with Gasteiger partial charge in [-0.05, 0) is 37.1 Å². The summed E-state index contributed by atoms with van der Waals surface area (Å²) in [6.45, 7) is 0.134. The monoisotopic (exact) mass is 392 g/mol. The first-order valence-electron chi connectivity index (χ1n) is 8.24. The number of aromatic nitrogens is 4. The van der Waals surface area contributed by atoms with Crippen LogP contribution in [0.3, 0.4) is 0 Å². The van der Waals surface area contributed by atoms with Gasteiger partial charge in [-0.15, -0.1) is 10.2 Å². The lowest BCUT2D eigenvalue weighted by Gasteiger charge is -2.14. The van der Waals surface area contributed by atoms with Crippen molar-refractivity contribution in [2.24, 2.45) is 0 Å². The van der Waals surface area contributed by atoms with Gasteiger partial charge in [0.15, 0.2) is 0 Å². The van der Waals surface area contributed by atoms with Crippen molar-refractivity contribution in [3.05, 3.63) is 68.0 Å². The van der Waals surface area contributed by atoms with Gasteiger partial charge in [0, 0.05) is 17.2 Å². The summed E-state index contributed by atoms with van der Waals surface area (Å²) in [7, 11) is 0. The average molecular weight is 393 g/mol. The smallest absolute Gasteiger partial charge is 0.333 e. The molecule has 1 atom stereocenters. The average Bonchev–Trinajstić information content (AvgIpc) is 3.34. The van der Waals surface area contributed by atoms with Gasteiger partial charge in [0.2, 0.25) is 17.6 Å². The Bertz CT molecular complexity index is 1080. The van der Waals surface area contributed by atoms with E-state index in [1.54, 1.807) is 24.3 Å². The molecule has 3 aromatic rings. The van der Waals surface area contributed by atoms with E-state index in [1.165, 1.54) is 0 Å². The number of ether oxygens (including phenoxy) is 1. The molecule has 8 nitrogen and oxygen atoms in total. The molecule has 1 aliphatic heterocycles. The van der Waals surface area contributed by atoms with E-state index in [-0.39, 0.29) is 18.3 Å². The molecular weight excluding hydrogens is 379 g/mol. The van der Waals surface area contributed by atoms with Crippen LogP contribution < -0.4 is 11.2 Å². The minimum absolute atomic E-state index is 0.00337. The maximum absolute atomic E-state index is 14.1. The lowest BCUT2D eigenvalue weighted by molar-refractivity contribution is 0.0503. The van der Waals surface area contributed by atoms with Gasteiger partial charge >= 0.3 is 5.69 Å². The molecule has 2 aromatic heterocycles. The van der Waals surface area contributed by atoms with Crippen molar-refractivity contribution in [1.29, 1.82) is 0 Å². The summed E-state index contributed by atoms with van der Waals surface area (Å²) in [5.41, 5.74) is -1.12. The zero-order valence-corrected chi connectivity index (χ0v) is 14.7. The molecule has 0 N–H and O–H groups in total. The first kappa shape index (κ1) is 17.6. The van der Waals surface area contributed by atoms with Crippen molar-refractivity contribution in [2.45, 2.75) is 25.6 Å². The van der Waals surface area contributed by atoms with Crippen LogP contribution in [0, 0.1) is 5.82 Å². The third-order valence-electron chi connectivity index (χ3n) is 4.22. The number of nitrogens with zero attached hydrogens (tertiary/aromatic N) is 4. The van der Waals surface area contributed by atoms with Gasteiger partial charge in [0.05, 0.1) is 6.20 Å². The van der Waals surface area contributed by atoms with Gasteiger partial charge in [0.1, 0.15) is 12.8 Å². The molecule has 27 heavy (non-hydrogen) atoms. The normalized spacial score (nSPS) is 16.7. The highest BCUT2D eigenvalue weighted by Crippen LogP contribution is 2.21. The van der Waals surface area contributed by atoms with Gasteiger partial charge in [-0.1, -0.05) is 11.6 Å². The van der Waals surface area contributed by atoms with Gasteiger partial charge in [0.25, 0.3) is 5.56 Å². The quantitative estimate of drug-likeness (QED) is 0.676. The Hall–Kier alpha value is -2.78. The van der Waals surface area contributed by atoms with Crippen molar-refractivity contribution in [3.8, 4) is 11.5 Å². The molecule has 0 bridgehead atoms. The van der Waals surface area contributed by atoms with E-state index in [0.29, 0.717) is 23.6 Å². The third kappa shape index (κ3) is 3.43. The Morgan fingerprint density at radius 1 is 1.22 bits per heavy atom. The largest absolute Gasteiger partial charge is 0.419 e. The first-order chi connectivity index (χ1) is 13.0. The molecule has 0 aliphatic carbocycles. The summed E-state index contributed by atoms with van der Waals surface area (Å²) >= 11 is 5.84. The highest BCUT2D eigenvalue weighted by Gasteiger charge is 2.23. The molecule has 0 saturated carbocycles. The Morgan fingerprint density at radius 3 is 2.70 bits per heavy atom. The molecular formula is C17H14ClFN4O4. The minimum atomic E-state index is -1.06. The van der Waals surface area contributed by atoms with Crippen LogP contribution in [-0.4, -0.2) is 25.9 Å². The number of halogens is 2. The SMILES string of the molecule is O=c1c(F)cn([C@@H]2CCCO2)c(=O)n1Cc1nnc(-c2ccc(Cl)cc2)o1. The van der Waals surface area contributed by atoms with Crippen LogP contribution in [0.4, 0.5) is 4.39 Å². The van der Waals surface area contributed by atoms with E-state index < -0.39 is 23.3 Å². The minimum Gasteiger partial charge on any atom is -0.419 e. The van der Waals surface area contributed by atoms with Crippen LogP contribution in [0.5, 0.6) is 0 Å². The van der Waals surface area contributed by atoms with Gasteiger partial charge < -0.3 is 9.15 Å². The van der Waals surface area contributed by atoms with E-state index >= 15 is 0 Å². The number of rotatable bonds is 4. The van der Waals surface area contributed by atoms with Crippen molar-refractivity contribution < 1.29 is 13.5 Å². The Kier molecular flexibility index (Phi) is 4.63. The number of hydrogen-bond acceptors (Lipinski definition) is 6. The number of hydrogen-bond donors (Lipinski definition) is 0. The van der Waals surface area contributed by atoms with Crippen LogP contribution in [0.15, 0.2) is 44.5 Å². The maximum atomic E-state index is 14.1. The van der Waals surface area contributed by atoms with Crippen molar-refractivity contribution in [1.82, 2.24) is 19.3 Å². The molecule has 0 spiro atoms. The molecule has 0 amide bonds. The Labute approximate surface area is 156 Å². The van der Waals surface area contributed by atoms with Crippen molar-refractivity contribution in [3.63, 3.8) is 0 Å². The van der Waals surface area contributed by atoms with Crippen LogP contribution in [0.2, 0.25) is 5.02 Å². The van der Waals surface area contributed by atoms with E-state index in [0.717, 1.165) is 21.8 Å². The first-order valence-corrected chi connectivity index (χ1v) is 8.62. The summed E-state index contributed by atoms with van der Waals surface area (Å²) in [5.74, 6) is -0.850. The molecule has 4 rings (SSSR count). The van der Waals surface area contributed by atoms with Crippen LogP contribution in [0.1, 0.15) is 25.0 Å². The van der Waals surface area contributed by atoms with Crippen molar-refractivity contribution >= 4 is 11.6 Å². The standard InChI is InChI=1S/C17H14ClFN4O4/c18-11-5-3-10(4-6-11)15-21-20-13(27-15)9-23-16(24)12(19)8-22(17(23)25)14-2-1-7-26-14/h3-6,8,14H,1-2,7,9H2/t14-/m0/s1. The van der Waals surface area contributed by atoms with E-state index in [9.17, 15) is 14.0 Å². The summed E-state index contributed by atoms with van der Waals surface area (Å²) in [6, 6.07) is 6.72. The second-order valence-corrected chi connectivity index (χ2v) is 6.47. The summed E-state index contributed by atoms with van der Waals surface area (Å²) in [4.78, 5) is 24.7. The van der Waals surface area contributed by atoms with Crippen LogP contribution >= 0.6 is 11.6 Å². The van der Waals surface area contributed by atoms with Crippen molar-refractivity contribution in [2.75, 3.05) is 6.61 Å². The summed E-state index contributed by atoms with van der Waals surface area (Å²) in [6.07, 6.45) is 1.61. The maximum Gasteiger partial charge on any atom is 0.333 e. The molecule has 10 heteroatoms. The second kappa shape index (κ2) is 7.09. The fourth-order valence-electron chi connectivity index (χ4n) is 2.88. The van der Waals surface area contributed by atoms with Gasteiger partial charge in [-0.3, -0.25) is 9.36 Å². The topological polar surface area (TPSA) is 92.2 Å². The van der Waals surface area contributed by atoms with Crippen LogP contribution in [-0.2, 0) is 11.3 Å². The number of benzene rings is 1. The van der Waals surface area contributed by atoms with Crippen LogP contribution in [0.25, 0.3) is 11.5 Å². The molecule has 0 unspecified atom stereocenters. The third-order valence-corrected chi connectivity index (χ3v) is 4.47. The second-order valence-electron chi connectivity index (χ2n) is 6.03. The zero-order chi connectivity index (χ0) is 19.0. The highest BCUT2D eigenvalue weighted by atomic mass is 35.5. The predicted molar refractivity (Wildman–Crippen MR) is 93.0 cm³/mol. The van der Waals surface area contributed by atoms with E-state index in [1.807, 2.05) is 0 Å². The molecule has 1 fully saturated rings. The molecule has 3 heterocycles. The molecule has 140 valence electrons. The summed E-state index contributed by atoms with van der Waals surface area (Å²) in [5, 5.41) is 8.28. The molecule has 1 aromatic carbocycles. The molecule has 0 radical (unpaired) electrons. The lowest BCUT2D eigenvalue weighted by Crippen LogP contribution is -2.42.